The van der Waals surface area contributed by atoms with Crippen molar-refractivity contribution in [1.82, 2.24) is 15.6 Å². The van der Waals surface area contributed by atoms with Gasteiger partial charge in [0.25, 0.3) is 5.91 Å². The summed E-state index contributed by atoms with van der Waals surface area (Å²) in [4.78, 5) is 16.5. The van der Waals surface area contributed by atoms with Crippen LogP contribution in [0.1, 0.15) is 39.9 Å². The first-order valence-corrected chi connectivity index (χ1v) is 10.5. The maximum absolute atomic E-state index is 13.6. The number of hydrogen-bond acceptors (Lipinski definition) is 5. The second-order valence-electron chi connectivity index (χ2n) is 7.70. The molecule has 8 heteroatoms. The molecule has 0 aliphatic heterocycles. The normalized spacial score (nSPS) is 13.0. The fourth-order valence-electron chi connectivity index (χ4n) is 3.49. The van der Waals surface area contributed by atoms with Gasteiger partial charge in [0.2, 0.25) is 5.76 Å². The van der Waals surface area contributed by atoms with Crippen LogP contribution in [0.5, 0.6) is 0 Å². The van der Waals surface area contributed by atoms with E-state index in [2.05, 4.69) is 28.6 Å². The number of oxazole rings is 1. The van der Waals surface area contributed by atoms with Crippen LogP contribution in [0, 0.1) is 18.6 Å². The molecule has 0 aliphatic carbocycles. The van der Waals surface area contributed by atoms with Gasteiger partial charge < -0.3 is 20.2 Å². The summed E-state index contributed by atoms with van der Waals surface area (Å²) in [6.07, 6.45) is 1.09. The van der Waals surface area contributed by atoms with Crippen molar-refractivity contribution in [3.63, 3.8) is 0 Å². The highest BCUT2D eigenvalue weighted by atomic mass is 19.1. The molecular weight excluding hydrogens is 416 g/mol. The van der Waals surface area contributed by atoms with Crippen molar-refractivity contribution in [3.05, 3.63) is 88.6 Å². The Morgan fingerprint density at radius 1 is 1.12 bits per heavy atom. The Balaban J connectivity index is 1.69. The number of carbonyl (C=O) groups is 1. The number of hydrogen-bond donors (Lipinski definition) is 3. The van der Waals surface area contributed by atoms with Crippen LogP contribution in [0.15, 0.2) is 53.3 Å². The van der Waals surface area contributed by atoms with E-state index in [0.29, 0.717) is 17.8 Å². The Hall–Kier alpha value is -3.10. The predicted octanol–water partition coefficient (Wildman–Crippen LogP) is 3.32. The third kappa shape index (κ3) is 6.45. The average molecular weight is 443 g/mol. The fraction of sp³-hybridized carbons (Fsp3) is 0.333. The molecule has 0 aliphatic rings. The highest BCUT2D eigenvalue weighted by Crippen LogP contribution is 2.14. The van der Waals surface area contributed by atoms with Crippen molar-refractivity contribution in [3.8, 4) is 0 Å². The maximum Gasteiger partial charge on any atom is 0.289 e. The molecule has 6 nitrogen and oxygen atoms in total. The Labute approximate surface area is 185 Å². The minimum Gasteiger partial charge on any atom is -0.438 e. The number of aliphatic hydroxyl groups is 1. The summed E-state index contributed by atoms with van der Waals surface area (Å²) in [6.45, 7) is 4.39. The molecule has 3 aromatic rings. The van der Waals surface area contributed by atoms with Crippen LogP contribution in [0.2, 0.25) is 0 Å². The summed E-state index contributed by atoms with van der Waals surface area (Å²) in [5.41, 5.74) is 3.01. The van der Waals surface area contributed by atoms with Crippen molar-refractivity contribution in [1.29, 1.82) is 0 Å². The number of rotatable bonds is 10. The van der Waals surface area contributed by atoms with Crippen molar-refractivity contribution < 1.29 is 23.1 Å². The zero-order chi connectivity index (χ0) is 23.1. The molecule has 32 heavy (non-hydrogen) atoms. The van der Waals surface area contributed by atoms with Gasteiger partial charge >= 0.3 is 0 Å². The lowest BCUT2D eigenvalue weighted by Crippen LogP contribution is -2.48. The third-order valence-corrected chi connectivity index (χ3v) is 5.19. The van der Waals surface area contributed by atoms with E-state index in [9.17, 15) is 18.7 Å². The number of halogens is 2. The van der Waals surface area contributed by atoms with Crippen molar-refractivity contribution >= 4 is 5.91 Å². The lowest BCUT2D eigenvalue weighted by molar-refractivity contribution is 0.0804. The predicted molar refractivity (Wildman–Crippen MR) is 116 cm³/mol. The highest BCUT2D eigenvalue weighted by Gasteiger charge is 2.25. The molecular formula is C24H27F2N3O3. The van der Waals surface area contributed by atoms with E-state index >= 15 is 0 Å². The molecule has 3 rings (SSSR count). The van der Waals surface area contributed by atoms with Gasteiger partial charge in [-0.05, 0) is 48.6 Å². The number of nitrogens with one attached hydrogen (secondary N) is 2. The van der Waals surface area contributed by atoms with Gasteiger partial charge in [0.15, 0.2) is 6.39 Å². The third-order valence-electron chi connectivity index (χ3n) is 5.19. The molecule has 1 amide bonds. The topological polar surface area (TPSA) is 87.4 Å². The van der Waals surface area contributed by atoms with E-state index in [1.807, 2.05) is 18.2 Å². The van der Waals surface area contributed by atoms with Crippen LogP contribution in [-0.4, -0.2) is 34.7 Å². The quantitative estimate of drug-likeness (QED) is 0.448. The second-order valence-corrected chi connectivity index (χ2v) is 7.70. The Bertz CT molecular complexity index is 1030. The van der Waals surface area contributed by atoms with E-state index in [1.165, 1.54) is 17.7 Å². The summed E-state index contributed by atoms with van der Waals surface area (Å²) in [5, 5.41) is 16.7. The SMILES string of the molecule is CCc1cccc(CNC[C@H](O)[C@H](Cc2cc(F)cc(F)c2)NC(=O)c2ocnc2C)c1. The molecule has 0 bridgehead atoms. The first-order valence-electron chi connectivity index (χ1n) is 10.5. The van der Waals surface area contributed by atoms with Gasteiger partial charge in [-0.25, -0.2) is 13.8 Å². The molecule has 3 N–H and O–H groups in total. The zero-order valence-corrected chi connectivity index (χ0v) is 18.1. The minimum atomic E-state index is -1.03. The summed E-state index contributed by atoms with van der Waals surface area (Å²) < 4.78 is 32.4. The first-order chi connectivity index (χ1) is 15.4. The molecule has 2 aromatic carbocycles. The molecule has 0 spiro atoms. The van der Waals surface area contributed by atoms with Crippen LogP contribution in [0.4, 0.5) is 8.78 Å². The number of benzene rings is 2. The Kier molecular flexibility index (Phi) is 8.08. The largest absolute Gasteiger partial charge is 0.438 e. The Morgan fingerprint density at radius 3 is 2.50 bits per heavy atom. The molecule has 0 saturated heterocycles. The first kappa shape index (κ1) is 23.6. The molecule has 170 valence electrons. The molecule has 0 fully saturated rings. The highest BCUT2D eigenvalue weighted by molar-refractivity contribution is 5.92. The van der Waals surface area contributed by atoms with Crippen molar-refractivity contribution in [2.75, 3.05) is 6.54 Å². The fourth-order valence-corrected chi connectivity index (χ4v) is 3.49. The number of carbonyl (C=O) groups excluding carboxylic acids is 1. The van der Waals surface area contributed by atoms with E-state index in [-0.39, 0.29) is 18.7 Å². The number of amides is 1. The zero-order valence-electron chi connectivity index (χ0n) is 18.1. The monoisotopic (exact) mass is 443 g/mol. The van der Waals surface area contributed by atoms with Crippen LogP contribution >= 0.6 is 0 Å². The van der Waals surface area contributed by atoms with E-state index < -0.39 is 29.7 Å². The summed E-state index contributed by atoms with van der Waals surface area (Å²) in [7, 11) is 0. The van der Waals surface area contributed by atoms with Crippen molar-refractivity contribution in [2.45, 2.75) is 45.4 Å². The van der Waals surface area contributed by atoms with E-state index in [1.54, 1.807) is 6.92 Å². The van der Waals surface area contributed by atoms with Gasteiger partial charge in [-0.3, -0.25) is 4.79 Å². The minimum absolute atomic E-state index is 0.0250. The molecule has 2 atom stereocenters. The Morgan fingerprint density at radius 2 is 1.84 bits per heavy atom. The average Bonchev–Trinajstić information content (AvgIpc) is 3.18. The molecule has 1 aromatic heterocycles. The van der Waals surface area contributed by atoms with Crippen LogP contribution in [0.25, 0.3) is 0 Å². The lowest BCUT2D eigenvalue weighted by atomic mass is 10.00. The van der Waals surface area contributed by atoms with Gasteiger partial charge in [-0.1, -0.05) is 31.2 Å². The van der Waals surface area contributed by atoms with E-state index in [4.69, 9.17) is 4.42 Å². The van der Waals surface area contributed by atoms with Crippen LogP contribution in [0.3, 0.4) is 0 Å². The summed E-state index contributed by atoms with van der Waals surface area (Å²) >= 11 is 0. The standard InChI is InChI=1S/C24H27F2N3O3/c1-3-16-5-4-6-17(7-16)12-27-13-22(30)21(10-18-8-19(25)11-20(26)9-18)29-24(31)23-15(2)28-14-32-23/h4-9,11,14,21-22,27,30H,3,10,12-13H2,1-2H3,(H,29,31)/t21-,22-/m0/s1. The number of aliphatic hydroxyl groups excluding tert-OH is 1. The van der Waals surface area contributed by atoms with E-state index in [0.717, 1.165) is 24.4 Å². The van der Waals surface area contributed by atoms with Crippen molar-refractivity contribution in [2.24, 2.45) is 0 Å². The smallest absolute Gasteiger partial charge is 0.289 e. The lowest BCUT2D eigenvalue weighted by Gasteiger charge is -2.24. The number of nitrogens with zero attached hydrogens (tertiary/aromatic N) is 1. The van der Waals surface area contributed by atoms with Gasteiger partial charge in [-0.15, -0.1) is 0 Å². The van der Waals surface area contributed by atoms with Gasteiger partial charge in [0, 0.05) is 19.2 Å². The second kappa shape index (κ2) is 11.0. The molecule has 0 saturated carbocycles. The van der Waals surface area contributed by atoms with Crippen LogP contribution < -0.4 is 10.6 Å². The summed E-state index contributed by atoms with van der Waals surface area (Å²) in [5.74, 6) is -1.98. The van der Waals surface area contributed by atoms with Gasteiger partial charge in [0.1, 0.15) is 11.6 Å². The summed E-state index contributed by atoms with van der Waals surface area (Å²) in [6, 6.07) is 10.4. The number of aromatic nitrogens is 1. The van der Waals surface area contributed by atoms with Gasteiger partial charge in [0.05, 0.1) is 17.8 Å². The number of aryl methyl sites for hydroxylation is 2. The molecule has 0 unspecified atom stereocenters. The van der Waals surface area contributed by atoms with Crippen LogP contribution in [-0.2, 0) is 19.4 Å². The molecule has 0 radical (unpaired) electrons. The van der Waals surface area contributed by atoms with Gasteiger partial charge in [-0.2, -0.15) is 0 Å². The maximum atomic E-state index is 13.6. The molecule has 1 heterocycles.